The lowest BCUT2D eigenvalue weighted by molar-refractivity contribution is -0.143. The third kappa shape index (κ3) is 5.25. The van der Waals surface area contributed by atoms with E-state index >= 15 is 0 Å². The van der Waals surface area contributed by atoms with Crippen molar-refractivity contribution in [1.29, 1.82) is 0 Å². The SMILES string of the molecule is COc1cc(CCCOC(=O)CCc2ccc3c(c2)OCO3)cc(OC)c1OC. The minimum atomic E-state index is -0.215. The predicted octanol–water partition coefficient (Wildman–Crippen LogP) is 3.55. The number of aryl methyl sites for hydroxylation is 2. The van der Waals surface area contributed by atoms with Crippen LogP contribution in [-0.2, 0) is 22.4 Å². The number of ether oxygens (including phenoxy) is 6. The average Bonchev–Trinajstić information content (AvgIpc) is 3.22. The molecule has 156 valence electrons. The Morgan fingerprint density at radius 1 is 0.897 bits per heavy atom. The summed E-state index contributed by atoms with van der Waals surface area (Å²) in [4.78, 5) is 12.0. The number of methoxy groups -OCH3 is 3. The van der Waals surface area contributed by atoms with E-state index in [2.05, 4.69) is 0 Å². The van der Waals surface area contributed by atoms with E-state index in [0.29, 0.717) is 43.1 Å². The number of carbonyl (C=O) groups excluding carboxylic acids is 1. The first-order valence-corrected chi connectivity index (χ1v) is 9.47. The summed E-state index contributed by atoms with van der Waals surface area (Å²) >= 11 is 0. The van der Waals surface area contributed by atoms with Crippen LogP contribution in [0.3, 0.4) is 0 Å². The van der Waals surface area contributed by atoms with Crippen LogP contribution in [-0.4, -0.2) is 40.7 Å². The van der Waals surface area contributed by atoms with Gasteiger partial charge in [0.05, 0.1) is 27.9 Å². The molecule has 2 aromatic carbocycles. The molecule has 0 saturated heterocycles. The molecule has 1 heterocycles. The third-order valence-corrected chi connectivity index (χ3v) is 4.65. The van der Waals surface area contributed by atoms with E-state index in [4.69, 9.17) is 28.4 Å². The lowest BCUT2D eigenvalue weighted by atomic mass is 10.1. The van der Waals surface area contributed by atoms with Crippen LogP contribution in [0.2, 0.25) is 0 Å². The van der Waals surface area contributed by atoms with E-state index in [1.165, 1.54) is 0 Å². The van der Waals surface area contributed by atoms with Gasteiger partial charge in [-0.3, -0.25) is 4.79 Å². The molecule has 0 fully saturated rings. The van der Waals surface area contributed by atoms with Crippen molar-refractivity contribution in [2.24, 2.45) is 0 Å². The molecule has 2 aromatic rings. The average molecular weight is 402 g/mol. The smallest absolute Gasteiger partial charge is 0.306 e. The molecule has 7 nitrogen and oxygen atoms in total. The van der Waals surface area contributed by atoms with Crippen molar-refractivity contribution in [2.45, 2.75) is 25.7 Å². The number of benzene rings is 2. The van der Waals surface area contributed by atoms with Gasteiger partial charge in [-0.25, -0.2) is 0 Å². The second kappa shape index (κ2) is 9.91. The highest BCUT2D eigenvalue weighted by atomic mass is 16.7. The summed E-state index contributed by atoms with van der Waals surface area (Å²) in [7, 11) is 4.75. The standard InChI is InChI=1S/C22H26O7/c1-24-19-12-16(13-20(25-2)22(19)26-3)5-4-10-27-21(23)9-7-15-6-8-17-18(11-15)29-14-28-17/h6,8,11-13H,4-5,7,9-10,14H2,1-3H3. The summed E-state index contributed by atoms with van der Waals surface area (Å²) in [5, 5.41) is 0. The quantitative estimate of drug-likeness (QED) is 0.444. The van der Waals surface area contributed by atoms with Gasteiger partial charge in [0.15, 0.2) is 23.0 Å². The molecule has 0 bridgehead atoms. The number of rotatable bonds is 10. The van der Waals surface area contributed by atoms with Gasteiger partial charge in [-0.2, -0.15) is 0 Å². The van der Waals surface area contributed by atoms with E-state index in [1.54, 1.807) is 21.3 Å². The van der Waals surface area contributed by atoms with E-state index in [1.807, 2.05) is 30.3 Å². The molecule has 29 heavy (non-hydrogen) atoms. The van der Waals surface area contributed by atoms with Crippen LogP contribution in [0, 0.1) is 0 Å². The largest absolute Gasteiger partial charge is 0.493 e. The van der Waals surface area contributed by atoms with Crippen molar-refractivity contribution >= 4 is 5.97 Å². The highest BCUT2D eigenvalue weighted by Gasteiger charge is 2.15. The zero-order valence-electron chi connectivity index (χ0n) is 17.0. The van der Waals surface area contributed by atoms with Gasteiger partial charge in [0, 0.05) is 6.42 Å². The van der Waals surface area contributed by atoms with Crippen LogP contribution in [0.1, 0.15) is 24.0 Å². The fraction of sp³-hybridized carbons (Fsp3) is 0.409. The maximum Gasteiger partial charge on any atom is 0.306 e. The number of carbonyl (C=O) groups is 1. The normalized spacial score (nSPS) is 11.8. The van der Waals surface area contributed by atoms with Gasteiger partial charge in [-0.15, -0.1) is 0 Å². The van der Waals surface area contributed by atoms with Gasteiger partial charge in [-0.1, -0.05) is 6.07 Å². The molecule has 0 atom stereocenters. The number of fused-ring (bicyclic) bond motifs is 1. The summed E-state index contributed by atoms with van der Waals surface area (Å²) in [5.41, 5.74) is 2.04. The van der Waals surface area contributed by atoms with Crippen molar-refractivity contribution < 1.29 is 33.2 Å². The Morgan fingerprint density at radius 3 is 2.31 bits per heavy atom. The molecule has 0 aliphatic carbocycles. The topological polar surface area (TPSA) is 72.5 Å². The Balaban J connectivity index is 1.42. The second-order valence-electron chi connectivity index (χ2n) is 6.55. The van der Waals surface area contributed by atoms with Crippen LogP contribution in [0.5, 0.6) is 28.7 Å². The minimum Gasteiger partial charge on any atom is -0.493 e. The number of hydrogen-bond donors (Lipinski definition) is 0. The summed E-state index contributed by atoms with van der Waals surface area (Å²) in [6, 6.07) is 9.51. The van der Waals surface area contributed by atoms with Crippen LogP contribution >= 0.6 is 0 Å². The van der Waals surface area contributed by atoms with Crippen LogP contribution in [0.4, 0.5) is 0 Å². The van der Waals surface area contributed by atoms with Gasteiger partial charge < -0.3 is 28.4 Å². The first-order valence-electron chi connectivity index (χ1n) is 9.47. The lowest BCUT2D eigenvalue weighted by Crippen LogP contribution is -2.08. The Hall–Kier alpha value is -3.09. The van der Waals surface area contributed by atoms with Gasteiger partial charge in [0.25, 0.3) is 0 Å². The van der Waals surface area contributed by atoms with E-state index in [9.17, 15) is 4.79 Å². The molecule has 0 aromatic heterocycles. The number of hydrogen-bond acceptors (Lipinski definition) is 7. The fourth-order valence-electron chi connectivity index (χ4n) is 3.16. The lowest BCUT2D eigenvalue weighted by Gasteiger charge is -2.14. The molecule has 0 spiro atoms. The zero-order chi connectivity index (χ0) is 20.6. The Labute approximate surface area is 170 Å². The molecular weight excluding hydrogens is 376 g/mol. The van der Waals surface area contributed by atoms with E-state index in [-0.39, 0.29) is 12.8 Å². The minimum absolute atomic E-state index is 0.215. The Kier molecular flexibility index (Phi) is 7.05. The molecule has 0 radical (unpaired) electrons. The van der Waals surface area contributed by atoms with Crippen molar-refractivity contribution in [1.82, 2.24) is 0 Å². The molecule has 0 unspecified atom stereocenters. The predicted molar refractivity (Wildman–Crippen MR) is 106 cm³/mol. The van der Waals surface area contributed by atoms with Crippen molar-refractivity contribution in [2.75, 3.05) is 34.7 Å². The van der Waals surface area contributed by atoms with Gasteiger partial charge in [-0.05, 0) is 54.7 Å². The summed E-state index contributed by atoms with van der Waals surface area (Å²) in [6.07, 6.45) is 2.35. The van der Waals surface area contributed by atoms with Crippen molar-refractivity contribution in [3.63, 3.8) is 0 Å². The monoisotopic (exact) mass is 402 g/mol. The molecule has 1 aliphatic rings. The maximum atomic E-state index is 12.0. The van der Waals surface area contributed by atoms with Crippen LogP contribution in [0.25, 0.3) is 0 Å². The fourth-order valence-corrected chi connectivity index (χ4v) is 3.16. The highest BCUT2D eigenvalue weighted by Crippen LogP contribution is 2.38. The molecule has 7 heteroatoms. The van der Waals surface area contributed by atoms with Crippen molar-refractivity contribution in [3.05, 3.63) is 41.5 Å². The molecular formula is C22H26O7. The maximum absolute atomic E-state index is 12.0. The van der Waals surface area contributed by atoms with Gasteiger partial charge >= 0.3 is 5.97 Å². The molecule has 0 saturated carbocycles. The van der Waals surface area contributed by atoms with Crippen molar-refractivity contribution in [3.8, 4) is 28.7 Å². The van der Waals surface area contributed by atoms with Crippen LogP contribution in [0.15, 0.2) is 30.3 Å². The summed E-state index contributed by atoms with van der Waals surface area (Å²) in [5.74, 6) is 3.04. The number of esters is 1. The molecule has 0 N–H and O–H groups in total. The summed E-state index contributed by atoms with van der Waals surface area (Å²) < 4.78 is 32.0. The van der Waals surface area contributed by atoms with Crippen LogP contribution < -0.4 is 23.7 Å². The van der Waals surface area contributed by atoms with Gasteiger partial charge in [0.1, 0.15) is 0 Å². The molecule has 1 aliphatic heterocycles. The third-order valence-electron chi connectivity index (χ3n) is 4.65. The van der Waals surface area contributed by atoms with Gasteiger partial charge in [0.2, 0.25) is 12.5 Å². The second-order valence-corrected chi connectivity index (χ2v) is 6.55. The molecule has 0 amide bonds. The first kappa shape index (κ1) is 20.6. The summed E-state index contributed by atoms with van der Waals surface area (Å²) in [6.45, 7) is 0.601. The Morgan fingerprint density at radius 2 is 1.62 bits per heavy atom. The zero-order valence-corrected chi connectivity index (χ0v) is 17.0. The van der Waals surface area contributed by atoms with E-state index < -0.39 is 0 Å². The highest BCUT2D eigenvalue weighted by molar-refractivity contribution is 5.69. The first-order chi connectivity index (χ1) is 14.1. The van der Waals surface area contributed by atoms with E-state index in [0.717, 1.165) is 29.0 Å². The molecule has 3 rings (SSSR count). The Bertz CT molecular complexity index is 822.